The molecule has 1 N–H and O–H groups in total. The van der Waals surface area contributed by atoms with Crippen LogP contribution in [0, 0.1) is 6.92 Å². The summed E-state index contributed by atoms with van der Waals surface area (Å²) in [5, 5.41) is 2.95. The van der Waals surface area contributed by atoms with Gasteiger partial charge in [0, 0.05) is 6.54 Å². The summed E-state index contributed by atoms with van der Waals surface area (Å²) >= 11 is 0. The third-order valence-corrected chi connectivity index (χ3v) is 3.37. The van der Waals surface area contributed by atoms with Gasteiger partial charge in [-0.3, -0.25) is 0 Å². The van der Waals surface area contributed by atoms with Crippen LogP contribution in [0.15, 0.2) is 18.2 Å². The molecule has 0 aromatic heterocycles. The lowest BCUT2D eigenvalue weighted by Gasteiger charge is -2.32. The van der Waals surface area contributed by atoms with Crippen LogP contribution in [-0.4, -0.2) is 13.1 Å². The van der Waals surface area contributed by atoms with Crippen molar-refractivity contribution < 1.29 is 17.6 Å². The van der Waals surface area contributed by atoms with E-state index in [2.05, 4.69) is 5.32 Å². The molecule has 0 aliphatic carbocycles. The molecule has 1 aliphatic heterocycles. The first kappa shape index (κ1) is 13.3. The molecule has 0 radical (unpaired) electrons. The lowest BCUT2D eigenvalue weighted by atomic mass is 9.85. The SMILES string of the molecule is Cc1cc(C(F)(F)F)ccc1C1(F)CCCNC1. The molecule has 1 unspecified atom stereocenters. The molecule has 0 spiro atoms. The third-order valence-electron chi connectivity index (χ3n) is 3.37. The minimum atomic E-state index is -4.38. The molecule has 1 heterocycles. The van der Waals surface area contributed by atoms with Gasteiger partial charge in [-0.05, 0) is 49.6 Å². The van der Waals surface area contributed by atoms with Crippen LogP contribution in [0.4, 0.5) is 17.6 Å². The molecular weight excluding hydrogens is 246 g/mol. The van der Waals surface area contributed by atoms with E-state index in [1.54, 1.807) is 0 Å². The lowest BCUT2D eigenvalue weighted by molar-refractivity contribution is -0.137. The Kier molecular flexibility index (Phi) is 3.36. The first-order valence-electron chi connectivity index (χ1n) is 5.91. The van der Waals surface area contributed by atoms with Gasteiger partial charge in [0.15, 0.2) is 0 Å². The fourth-order valence-electron chi connectivity index (χ4n) is 2.44. The molecule has 1 aliphatic rings. The van der Waals surface area contributed by atoms with E-state index in [0.717, 1.165) is 18.7 Å². The van der Waals surface area contributed by atoms with Crippen LogP contribution >= 0.6 is 0 Å². The van der Waals surface area contributed by atoms with Gasteiger partial charge < -0.3 is 5.32 Å². The third kappa shape index (κ3) is 2.51. The minimum Gasteiger partial charge on any atom is -0.313 e. The normalized spacial score (nSPS) is 25.2. The van der Waals surface area contributed by atoms with E-state index in [4.69, 9.17) is 0 Å². The van der Waals surface area contributed by atoms with Crippen LogP contribution in [0.2, 0.25) is 0 Å². The Bertz CT molecular complexity index is 433. The molecule has 18 heavy (non-hydrogen) atoms. The second-order valence-electron chi connectivity index (χ2n) is 4.77. The Morgan fingerprint density at radius 3 is 2.50 bits per heavy atom. The molecule has 0 amide bonds. The monoisotopic (exact) mass is 261 g/mol. The van der Waals surface area contributed by atoms with Crippen molar-refractivity contribution in [2.45, 2.75) is 31.6 Å². The number of hydrogen-bond acceptors (Lipinski definition) is 1. The van der Waals surface area contributed by atoms with Gasteiger partial charge >= 0.3 is 6.18 Å². The number of halogens is 4. The molecule has 2 rings (SSSR count). The number of aryl methyl sites for hydroxylation is 1. The molecule has 1 fully saturated rings. The van der Waals surface area contributed by atoms with Gasteiger partial charge in [0.25, 0.3) is 0 Å². The number of hydrogen-bond donors (Lipinski definition) is 1. The summed E-state index contributed by atoms with van der Waals surface area (Å²) in [5.41, 5.74) is -1.55. The molecule has 0 bridgehead atoms. The Balaban J connectivity index is 2.35. The molecule has 0 saturated carbocycles. The largest absolute Gasteiger partial charge is 0.416 e. The topological polar surface area (TPSA) is 12.0 Å². The van der Waals surface area contributed by atoms with Crippen molar-refractivity contribution in [2.24, 2.45) is 0 Å². The molecule has 1 aromatic rings. The lowest BCUT2D eigenvalue weighted by Crippen LogP contribution is -2.40. The number of benzene rings is 1. The van der Waals surface area contributed by atoms with Gasteiger partial charge in [0.2, 0.25) is 0 Å². The van der Waals surface area contributed by atoms with Crippen molar-refractivity contribution in [2.75, 3.05) is 13.1 Å². The number of nitrogens with one attached hydrogen (secondary N) is 1. The van der Waals surface area contributed by atoms with E-state index < -0.39 is 17.4 Å². The zero-order chi connectivity index (χ0) is 13.4. The van der Waals surface area contributed by atoms with Gasteiger partial charge in [0.1, 0.15) is 5.67 Å². The van der Waals surface area contributed by atoms with Crippen LogP contribution in [0.5, 0.6) is 0 Å². The van der Waals surface area contributed by atoms with Crippen LogP contribution in [0.1, 0.15) is 29.5 Å². The van der Waals surface area contributed by atoms with Crippen molar-refractivity contribution in [3.63, 3.8) is 0 Å². The summed E-state index contributed by atoms with van der Waals surface area (Å²) in [7, 11) is 0. The van der Waals surface area contributed by atoms with E-state index >= 15 is 0 Å². The van der Waals surface area contributed by atoms with Crippen molar-refractivity contribution in [3.05, 3.63) is 34.9 Å². The molecule has 5 heteroatoms. The van der Waals surface area contributed by atoms with Crippen LogP contribution < -0.4 is 5.32 Å². The average molecular weight is 261 g/mol. The zero-order valence-corrected chi connectivity index (χ0v) is 10.1. The van der Waals surface area contributed by atoms with Crippen molar-refractivity contribution in [1.29, 1.82) is 0 Å². The molecule has 100 valence electrons. The Morgan fingerprint density at radius 2 is 2.00 bits per heavy atom. The van der Waals surface area contributed by atoms with Gasteiger partial charge in [-0.15, -0.1) is 0 Å². The molecule has 1 nitrogen and oxygen atoms in total. The minimum absolute atomic E-state index is 0.166. The summed E-state index contributed by atoms with van der Waals surface area (Å²) in [4.78, 5) is 0. The van der Waals surface area contributed by atoms with Gasteiger partial charge in [0.05, 0.1) is 5.56 Å². The van der Waals surface area contributed by atoms with E-state index in [0.29, 0.717) is 24.0 Å². The van der Waals surface area contributed by atoms with E-state index in [1.165, 1.54) is 13.0 Å². The van der Waals surface area contributed by atoms with Crippen molar-refractivity contribution >= 4 is 0 Å². The average Bonchev–Trinajstić information content (AvgIpc) is 2.28. The van der Waals surface area contributed by atoms with Crippen LogP contribution in [-0.2, 0) is 11.8 Å². The van der Waals surface area contributed by atoms with Gasteiger partial charge in [-0.2, -0.15) is 13.2 Å². The smallest absolute Gasteiger partial charge is 0.313 e. The maximum Gasteiger partial charge on any atom is 0.416 e. The number of piperidine rings is 1. The van der Waals surface area contributed by atoms with Crippen LogP contribution in [0.25, 0.3) is 0 Å². The van der Waals surface area contributed by atoms with Gasteiger partial charge in [-0.25, -0.2) is 4.39 Å². The molecule has 1 aromatic carbocycles. The first-order chi connectivity index (χ1) is 8.33. The summed E-state index contributed by atoms with van der Waals surface area (Å²) in [6, 6.07) is 3.24. The van der Waals surface area contributed by atoms with E-state index in [9.17, 15) is 17.6 Å². The molecule has 1 atom stereocenters. The maximum absolute atomic E-state index is 14.7. The second-order valence-corrected chi connectivity index (χ2v) is 4.77. The first-order valence-corrected chi connectivity index (χ1v) is 5.91. The summed E-state index contributed by atoms with van der Waals surface area (Å²) in [5.74, 6) is 0. The Labute approximate surface area is 103 Å². The summed E-state index contributed by atoms with van der Waals surface area (Å²) in [6.07, 6.45) is -3.33. The van der Waals surface area contributed by atoms with E-state index in [-0.39, 0.29) is 6.54 Å². The van der Waals surface area contributed by atoms with E-state index in [1.807, 2.05) is 0 Å². The van der Waals surface area contributed by atoms with Crippen molar-refractivity contribution in [1.82, 2.24) is 5.32 Å². The predicted molar refractivity (Wildman–Crippen MR) is 61.1 cm³/mol. The summed E-state index contributed by atoms with van der Waals surface area (Å²) in [6.45, 7) is 2.45. The second kappa shape index (κ2) is 4.53. The standard InChI is InChI=1S/C13H15F4N/c1-9-7-10(13(15,16)17)3-4-11(9)12(14)5-2-6-18-8-12/h3-4,7,18H,2,5-6,8H2,1H3. The van der Waals surface area contributed by atoms with Crippen molar-refractivity contribution in [3.8, 4) is 0 Å². The fourth-order valence-corrected chi connectivity index (χ4v) is 2.44. The highest BCUT2D eigenvalue weighted by Crippen LogP contribution is 2.37. The highest BCUT2D eigenvalue weighted by Gasteiger charge is 2.37. The number of alkyl halides is 4. The molecular formula is C13H15F4N. The number of rotatable bonds is 1. The Hall–Kier alpha value is -1.10. The zero-order valence-electron chi connectivity index (χ0n) is 10.1. The quantitative estimate of drug-likeness (QED) is 0.762. The highest BCUT2D eigenvalue weighted by atomic mass is 19.4. The van der Waals surface area contributed by atoms with Crippen LogP contribution in [0.3, 0.4) is 0 Å². The summed E-state index contributed by atoms with van der Waals surface area (Å²) < 4.78 is 52.2. The Morgan fingerprint density at radius 1 is 1.28 bits per heavy atom. The highest BCUT2D eigenvalue weighted by molar-refractivity contribution is 5.37. The van der Waals surface area contributed by atoms with Gasteiger partial charge in [-0.1, -0.05) is 6.07 Å². The predicted octanol–water partition coefficient (Wildman–Crippen LogP) is 3.56. The maximum atomic E-state index is 14.7. The fraction of sp³-hybridized carbons (Fsp3) is 0.538. The molecule has 1 saturated heterocycles.